The summed E-state index contributed by atoms with van der Waals surface area (Å²) in [6, 6.07) is 0. The zero-order chi connectivity index (χ0) is 6.57. The molecule has 0 aliphatic carbocycles. The molecule has 0 aliphatic rings. The van der Waals surface area contributed by atoms with Crippen LogP contribution in [0.25, 0.3) is 0 Å². The zero-order valence-electron chi connectivity index (χ0n) is 5.02. The van der Waals surface area contributed by atoms with Crippen LogP contribution >= 0.6 is 11.6 Å². The topological polar surface area (TPSA) is 0 Å². The molecule has 1 atom stereocenters. The molecule has 0 rings (SSSR count). The molecule has 0 heterocycles. The van der Waals surface area contributed by atoms with Gasteiger partial charge in [0.25, 0.3) is 0 Å². The van der Waals surface area contributed by atoms with Gasteiger partial charge in [0, 0.05) is 0 Å². The van der Waals surface area contributed by atoms with E-state index in [-0.39, 0.29) is 5.92 Å². The van der Waals surface area contributed by atoms with Gasteiger partial charge < -0.3 is 0 Å². The first-order chi connectivity index (χ1) is 3.72. The van der Waals surface area contributed by atoms with Crippen LogP contribution in [-0.4, -0.2) is 0 Å². The average molecular weight is 130 g/mol. The van der Waals surface area contributed by atoms with E-state index in [2.05, 4.69) is 13.2 Å². The second-order valence-corrected chi connectivity index (χ2v) is 2.05. The molecular weight excluding hydrogens is 120 g/mol. The Bertz CT molecular complexity index is 74.4. The number of hydrogen-bond donors (Lipinski definition) is 0. The monoisotopic (exact) mass is 129 g/mol. The molecule has 0 bridgehead atoms. The first-order valence-electron chi connectivity index (χ1n) is 2.49. The van der Waals surface area contributed by atoms with E-state index in [9.17, 15) is 0 Å². The number of rotatable bonds is 3. The van der Waals surface area contributed by atoms with E-state index in [0.717, 1.165) is 5.38 Å². The summed E-state index contributed by atoms with van der Waals surface area (Å²) in [4.78, 5) is 0. The Morgan fingerprint density at radius 1 is 1.62 bits per heavy atom. The van der Waals surface area contributed by atoms with Crippen molar-refractivity contribution < 1.29 is 0 Å². The normalized spacial score (nSPS) is 13.4. The summed E-state index contributed by atoms with van der Waals surface area (Å²) in [6.45, 7) is 9.06. The number of allylic oxidation sites excluding steroid dienone is 2. The second kappa shape index (κ2) is 3.73. The fourth-order valence-corrected chi connectivity index (χ4v) is 0.388. The summed E-state index contributed by atoms with van der Waals surface area (Å²) in [7, 11) is 0. The van der Waals surface area contributed by atoms with Crippen molar-refractivity contribution in [1.82, 2.24) is 0 Å². The molecule has 0 amide bonds. The molecular formula is C7H10Cl. The first-order valence-corrected chi connectivity index (χ1v) is 2.87. The van der Waals surface area contributed by atoms with E-state index >= 15 is 0 Å². The molecule has 0 spiro atoms. The molecule has 0 aliphatic heterocycles. The van der Waals surface area contributed by atoms with Crippen LogP contribution in [0, 0.1) is 11.3 Å². The van der Waals surface area contributed by atoms with Crippen LogP contribution in [0.15, 0.2) is 25.3 Å². The van der Waals surface area contributed by atoms with Crippen molar-refractivity contribution in [2.45, 2.75) is 6.92 Å². The van der Waals surface area contributed by atoms with Gasteiger partial charge in [-0.2, -0.15) is 0 Å². The van der Waals surface area contributed by atoms with E-state index in [1.807, 2.05) is 6.92 Å². The van der Waals surface area contributed by atoms with Gasteiger partial charge >= 0.3 is 0 Å². The molecule has 1 radical (unpaired) electrons. The summed E-state index contributed by atoms with van der Waals surface area (Å²) in [6.07, 6.45) is 3.41. The quantitative estimate of drug-likeness (QED) is 0.514. The molecule has 0 saturated heterocycles. The van der Waals surface area contributed by atoms with Gasteiger partial charge in [0.1, 0.15) is 0 Å². The van der Waals surface area contributed by atoms with Crippen LogP contribution in [0.1, 0.15) is 6.92 Å². The Hall–Kier alpha value is -0.230. The van der Waals surface area contributed by atoms with Crippen molar-refractivity contribution >= 4 is 11.6 Å². The molecule has 0 nitrogen and oxygen atoms in total. The summed E-state index contributed by atoms with van der Waals surface area (Å²) in [5.74, 6) is 0.245. The summed E-state index contributed by atoms with van der Waals surface area (Å²) in [5, 5.41) is 0.750. The van der Waals surface area contributed by atoms with Crippen LogP contribution in [0.5, 0.6) is 0 Å². The Kier molecular flexibility index (Phi) is 3.63. The fourth-order valence-electron chi connectivity index (χ4n) is 0.298. The van der Waals surface area contributed by atoms with Crippen molar-refractivity contribution in [3.8, 4) is 0 Å². The lowest BCUT2D eigenvalue weighted by Crippen LogP contribution is -1.93. The van der Waals surface area contributed by atoms with Crippen LogP contribution in [-0.2, 0) is 0 Å². The van der Waals surface area contributed by atoms with Crippen molar-refractivity contribution in [3.05, 3.63) is 30.7 Å². The maximum absolute atomic E-state index is 5.64. The predicted molar refractivity (Wildman–Crippen MR) is 38.7 cm³/mol. The molecule has 45 valence electrons. The third-order valence-corrected chi connectivity index (χ3v) is 1.48. The molecule has 0 aromatic rings. The van der Waals surface area contributed by atoms with E-state index in [1.54, 1.807) is 12.2 Å². The third kappa shape index (κ3) is 2.17. The van der Waals surface area contributed by atoms with E-state index in [4.69, 9.17) is 11.6 Å². The Balaban J connectivity index is 3.60. The van der Waals surface area contributed by atoms with Crippen molar-refractivity contribution in [2.24, 2.45) is 5.92 Å². The number of halogens is 1. The Morgan fingerprint density at radius 3 is 2.25 bits per heavy atom. The molecule has 8 heavy (non-hydrogen) atoms. The van der Waals surface area contributed by atoms with Gasteiger partial charge in [-0.05, 0) is 5.92 Å². The van der Waals surface area contributed by atoms with E-state index < -0.39 is 0 Å². The molecule has 0 fully saturated rings. The fraction of sp³-hybridized carbons (Fsp3) is 0.286. The van der Waals surface area contributed by atoms with Gasteiger partial charge in [-0.3, -0.25) is 0 Å². The Labute approximate surface area is 55.9 Å². The van der Waals surface area contributed by atoms with Crippen molar-refractivity contribution in [3.63, 3.8) is 0 Å². The van der Waals surface area contributed by atoms with Gasteiger partial charge in [-0.25, -0.2) is 0 Å². The highest BCUT2D eigenvalue weighted by Crippen LogP contribution is 2.19. The molecule has 0 saturated carbocycles. The lowest BCUT2D eigenvalue weighted by Gasteiger charge is -2.05. The zero-order valence-corrected chi connectivity index (χ0v) is 5.78. The minimum atomic E-state index is 0.245. The van der Waals surface area contributed by atoms with Crippen LogP contribution in [0.3, 0.4) is 0 Å². The summed E-state index contributed by atoms with van der Waals surface area (Å²) < 4.78 is 0. The van der Waals surface area contributed by atoms with Gasteiger partial charge in [-0.15, -0.1) is 24.8 Å². The molecule has 1 heteroatoms. The summed E-state index contributed by atoms with van der Waals surface area (Å²) in [5.41, 5.74) is 0. The largest absolute Gasteiger partial charge is 0.112 e. The second-order valence-electron chi connectivity index (χ2n) is 1.61. The predicted octanol–water partition coefficient (Wildman–Crippen LogP) is 2.77. The minimum absolute atomic E-state index is 0.245. The smallest absolute Gasteiger partial charge is 0.0914 e. The van der Waals surface area contributed by atoms with Gasteiger partial charge in [0.15, 0.2) is 0 Å². The molecule has 0 aromatic heterocycles. The van der Waals surface area contributed by atoms with Gasteiger partial charge in [-0.1, -0.05) is 19.1 Å². The molecule has 1 unspecified atom stereocenters. The van der Waals surface area contributed by atoms with E-state index in [1.165, 1.54) is 0 Å². The van der Waals surface area contributed by atoms with Gasteiger partial charge in [0.2, 0.25) is 0 Å². The van der Waals surface area contributed by atoms with Crippen LogP contribution in [0.4, 0.5) is 0 Å². The molecule has 0 aromatic carbocycles. The van der Waals surface area contributed by atoms with E-state index in [0.29, 0.717) is 0 Å². The van der Waals surface area contributed by atoms with Crippen LogP contribution < -0.4 is 0 Å². The maximum Gasteiger partial charge on any atom is 0.0914 e. The minimum Gasteiger partial charge on any atom is -0.112 e. The third-order valence-electron chi connectivity index (χ3n) is 0.984. The maximum atomic E-state index is 5.64. The lowest BCUT2D eigenvalue weighted by molar-refractivity contribution is 0.859. The highest BCUT2D eigenvalue weighted by atomic mass is 35.5. The first kappa shape index (κ1) is 7.77. The van der Waals surface area contributed by atoms with Crippen LogP contribution in [0.2, 0.25) is 0 Å². The molecule has 0 N–H and O–H groups in total. The highest BCUT2D eigenvalue weighted by molar-refractivity contribution is 6.28. The lowest BCUT2D eigenvalue weighted by atomic mass is 10.1. The summed E-state index contributed by atoms with van der Waals surface area (Å²) >= 11 is 5.64. The highest BCUT2D eigenvalue weighted by Gasteiger charge is 2.05. The van der Waals surface area contributed by atoms with Crippen molar-refractivity contribution in [2.75, 3.05) is 0 Å². The average Bonchev–Trinajstić information content (AvgIpc) is 1.84. The van der Waals surface area contributed by atoms with Crippen molar-refractivity contribution in [1.29, 1.82) is 0 Å². The van der Waals surface area contributed by atoms with Gasteiger partial charge in [0.05, 0.1) is 5.38 Å². The SMILES string of the molecule is C=C[C](Cl)C(C)C=C. The number of hydrogen-bond acceptors (Lipinski definition) is 0. The standard InChI is InChI=1S/C7H10Cl/c1-4-6(3)7(8)5-2/h4-6H,1-2H2,3H3. The Morgan fingerprint density at radius 2 is 2.12 bits per heavy atom.